The zero-order valence-electron chi connectivity index (χ0n) is 50.1. The predicted molar refractivity (Wildman–Crippen MR) is 317 cm³/mol. The van der Waals surface area contributed by atoms with Gasteiger partial charge in [0, 0.05) is 12.8 Å². The summed E-state index contributed by atoms with van der Waals surface area (Å²) in [5, 5.41) is 3.04. The number of ether oxygens (including phenoxy) is 1. The molecule has 0 aromatic rings. The molecule has 438 valence electrons. The Morgan fingerprint density at radius 1 is 0.459 bits per heavy atom. The van der Waals surface area contributed by atoms with E-state index in [1.807, 2.05) is 33.3 Å². The van der Waals surface area contributed by atoms with Crippen molar-refractivity contribution in [2.24, 2.45) is 0 Å². The standard InChI is InChI=1S/C64H125N2O7P/c1-7-10-13-16-19-22-25-27-29-31-32-33-34-35-37-39-42-45-48-51-54-57-64(68)73-62(55-52-49-46-43-40-24-21-18-15-12-9-3)61(60-72-74(69,70)71-59-58-66(4,5)6)65-63(67)56-53-50-47-44-41-38-36-30-28-26-23-20-17-14-11-8-2/h27,29,52,55,61-62H,7-26,28,30-51,53-54,56-60H2,1-6H3,(H-,65,67,69,70)/b29-27+,55-52+. The first-order valence-electron chi connectivity index (χ1n) is 32.1. The van der Waals surface area contributed by atoms with E-state index in [4.69, 9.17) is 13.8 Å². The van der Waals surface area contributed by atoms with E-state index in [0.717, 1.165) is 57.8 Å². The van der Waals surface area contributed by atoms with Gasteiger partial charge in [-0.3, -0.25) is 14.2 Å². The van der Waals surface area contributed by atoms with Gasteiger partial charge in [0.2, 0.25) is 5.91 Å². The summed E-state index contributed by atoms with van der Waals surface area (Å²) < 4.78 is 30.3. The number of amides is 1. The van der Waals surface area contributed by atoms with Gasteiger partial charge in [-0.05, 0) is 57.4 Å². The monoisotopic (exact) mass is 1060 g/mol. The van der Waals surface area contributed by atoms with Crippen molar-refractivity contribution in [1.82, 2.24) is 5.32 Å². The minimum Gasteiger partial charge on any atom is -0.756 e. The highest BCUT2D eigenvalue weighted by atomic mass is 31.2. The van der Waals surface area contributed by atoms with Gasteiger partial charge in [0.15, 0.2) is 0 Å². The summed E-state index contributed by atoms with van der Waals surface area (Å²) >= 11 is 0. The normalized spacial score (nSPS) is 13.8. The van der Waals surface area contributed by atoms with Gasteiger partial charge in [0.1, 0.15) is 19.3 Å². The minimum atomic E-state index is -4.69. The Kier molecular flexibility index (Phi) is 53.7. The van der Waals surface area contributed by atoms with Crippen LogP contribution in [0.3, 0.4) is 0 Å². The number of carbonyl (C=O) groups is 2. The van der Waals surface area contributed by atoms with Crippen LogP contribution in [0.15, 0.2) is 24.3 Å². The molecule has 0 heterocycles. The molecule has 0 rings (SSSR count). The molecule has 74 heavy (non-hydrogen) atoms. The topological polar surface area (TPSA) is 114 Å². The molecule has 0 saturated carbocycles. The third kappa shape index (κ3) is 55.3. The van der Waals surface area contributed by atoms with Crippen LogP contribution in [0, 0.1) is 0 Å². The molecular formula is C64H125N2O7P. The summed E-state index contributed by atoms with van der Waals surface area (Å²) in [4.78, 5) is 40.0. The van der Waals surface area contributed by atoms with E-state index < -0.39 is 20.0 Å². The van der Waals surface area contributed by atoms with E-state index in [1.165, 1.54) is 231 Å². The van der Waals surface area contributed by atoms with Crippen LogP contribution in [0.2, 0.25) is 0 Å². The average Bonchev–Trinajstić information content (AvgIpc) is 3.36. The Bertz CT molecular complexity index is 1320. The van der Waals surface area contributed by atoms with Gasteiger partial charge in [0.05, 0.1) is 33.8 Å². The summed E-state index contributed by atoms with van der Waals surface area (Å²) in [6.45, 7) is 6.88. The SMILES string of the molecule is CCCCCCCC/C=C/CCCCCCCCCCCCCC(=O)OC(/C=C/CCCCCCCCCCC)C(COP(=O)([O-])OCC[N+](C)(C)C)NC(=O)CCCCCCCCCCCCCCCCCC. The van der Waals surface area contributed by atoms with Crippen molar-refractivity contribution in [2.45, 2.75) is 335 Å². The quantitative estimate of drug-likeness (QED) is 0.0212. The highest BCUT2D eigenvalue weighted by Crippen LogP contribution is 2.38. The summed E-state index contributed by atoms with van der Waals surface area (Å²) in [5.74, 6) is -0.525. The molecule has 0 aromatic heterocycles. The van der Waals surface area contributed by atoms with Gasteiger partial charge < -0.3 is 28.5 Å². The van der Waals surface area contributed by atoms with Crippen molar-refractivity contribution >= 4 is 19.7 Å². The lowest BCUT2D eigenvalue weighted by molar-refractivity contribution is -0.870. The maximum atomic E-state index is 13.5. The van der Waals surface area contributed by atoms with Crippen LogP contribution in [0.1, 0.15) is 323 Å². The van der Waals surface area contributed by atoms with Crippen molar-refractivity contribution in [1.29, 1.82) is 0 Å². The molecule has 9 nitrogen and oxygen atoms in total. The third-order valence-corrected chi connectivity index (χ3v) is 15.6. The second-order valence-corrected chi connectivity index (χ2v) is 24.7. The average molecular weight is 1070 g/mol. The van der Waals surface area contributed by atoms with Crippen LogP contribution in [-0.4, -0.2) is 69.4 Å². The summed E-state index contributed by atoms with van der Waals surface area (Å²) in [6, 6.07) is -0.882. The van der Waals surface area contributed by atoms with Gasteiger partial charge in [-0.15, -0.1) is 0 Å². The van der Waals surface area contributed by atoms with E-state index in [2.05, 4.69) is 38.2 Å². The van der Waals surface area contributed by atoms with Crippen LogP contribution in [-0.2, 0) is 27.9 Å². The first-order valence-corrected chi connectivity index (χ1v) is 33.6. The van der Waals surface area contributed by atoms with E-state index in [0.29, 0.717) is 17.4 Å². The summed E-state index contributed by atoms with van der Waals surface area (Å²) in [7, 11) is 1.20. The van der Waals surface area contributed by atoms with Crippen LogP contribution >= 0.6 is 7.82 Å². The summed E-state index contributed by atoms with van der Waals surface area (Å²) in [5.41, 5.74) is 0. The Morgan fingerprint density at radius 3 is 1.15 bits per heavy atom. The fraction of sp³-hybridized carbons (Fsp3) is 0.906. The molecule has 3 unspecified atom stereocenters. The molecule has 0 aliphatic rings. The molecule has 1 N–H and O–H groups in total. The van der Waals surface area contributed by atoms with E-state index >= 15 is 0 Å². The Hall–Kier alpha value is -1.51. The number of quaternary nitrogens is 1. The lowest BCUT2D eigenvalue weighted by Crippen LogP contribution is -2.47. The largest absolute Gasteiger partial charge is 0.756 e. The minimum absolute atomic E-state index is 0.0186. The van der Waals surface area contributed by atoms with Crippen molar-refractivity contribution in [2.75, 3.05) is 40.9 Å². The Labute approximate surface area is 460 Å². The van der Waals surface area contributed by atoms with Gasteiger partial charge in [-0.1, -0.05) is 277 Å². The lowest BCUT2D eigenvalue weighted by atomic mass is 10.0. The number of phosphoric ester groups is 1. The van der Waals surface area contributed by atoms with Crippen molar-refractivity contribution in [3.8, 4) is 0 Å². The fourth-order valence-corrected chi connectivity index (χ4v) is 10.4. The zero-order valence-corrected chi connectivity index (χ0v) is 51.0. The third-order valence-electron chi connectivity index (χ3n) is 14.6. The molecule has 0 aliphatic heterocycles. The molecular weight excluding hydrogens is 940 g/mol. The Morgan fingerprint density at radius 2 is 0.784 bits per heavy atom. The molecule has 1 amide bonds. The number of hydrogen-bond donors (Lipinski definition) is 1. The number of unbranched alkanes of at least 4 members (excludes halogenated alkanes) is 41. The number of esters is 1. The van der Waals surface area contributed by atoms with E-state index in [1.54, 1.807) is 0 Å². The predicted octanol–water partition coefficient (Wildman–Crippen LogP) is 19.1. The first kappa shape index (κ1) is 72.5. The number of nitrogens with one attached hydrogen (secondary N) is 1. The van der Waals surface area contributed by atoms with Gasteiger partial charge in [0.25, 0.3) is 7.82 Å². The smallest absolute Gasteiger partial charge is 0.306 e. The molecule has 0 fully saturated rings. The van der Waals surface area contributed by atoms with Crippen LogP contribution in [0.25, 0.3) is 0 Å². The van der Waals surface area contributed by atoms with Gasteiger partial charge in [-0.2, -0.15) is 0 Å². The number of hydrogen-bond acceptors (Lipinski definition) is 7. The Balaban J connectivity index is 5.13. The highest BCUT2D eigenvalue weighted by molar-refractivity contribution is 7.45. The fourth-order valence-electron chi connectivity index (χ4n) is 9.64. The van der Waals surface area contributed by atoms with Gasteiger partial charge >= 0.3 is 5.97 Å². The van der Waals surface area contributed by atoms with Crippen molar-refractivity contribution < 1.29 is 37.3 Å². The van der Waals surface area contributed by atoms with Crippen molar-refractivity contribution in [3.05, 3.63) is 24.3 Å². The lowest BCUT2D eigenvalue weighted by Gasteiger charge is -2.30. The molecule has 3 atom stereocenters. The maximum Gasteiger partial charge on any atom is 0.306 e. The van der Waals surface area contributed by atoms with Crippen molar-refractivity contribution in [3.63, 3.8) is 0 Å². The van der Waals surface area contributed by atoms with Gasteiger partial charge in [-0.25, -0.2) is 0 Å². The second kappa shape index (κ2) is 54.8. The van der Waals surface area contributed by atoms with Crippen LogP contribution in [0.5, 0.6) is 0 Å². The maximum absolute atomic E-state index is 13.5. The molecule has 10 heteroatoms. The number of carbonyl (C=O) groups excluding carboxylic acids is 2. The van der Waals surface area contributed by atoms with E-state index in [9.17, 15) is 19.0 Å². The highest BCUT2D eigenvalue weighted by Gasteiger charge is 2.27. The van der Waals surface area contributed by atoms with E-state index in [-0.39, 0.29) is 31.5 Å². The second-order valence-electron chi connectivity index (χ2n) is 23.3. The number of likely N-dealkylation sites (N-methyl/N-ethyl adjacent to an activating group) is 1. The number of phosphoric acid groups is 1. The zero-order chi connectivity index (χ0) is 54.3. The molecule has 0 aliphatic carbocycles. The molecule has 0 aromatic carbocycles. The number of rotatable bonds is 59. The number of allylic oxidation sites excluding steroid dienone is 3. The van der Waals surface area contributed by atoms with Crippen LogP contribution in [0.4, 0.5) is 0 Å². The van der Waals surface area contributed by atoms with Crippen LogP contribution < -0.4 is 10.2 Å². The number of nitrogens with zero attached hydrogens (tertiary/aromatic N) is 1. The summed E-state index contributed by atoms with van der Waals surface area (Å²) in [6.07, 6.45) is 64.3. The molecule has 0 bridgehead atoms. The molecule has 0 spiro atoms. The molecule has 0 saturated heterocycles. The first-order chi connectivity index (χ1) is 35.9. The molecule has 0 radical (unpaired) electrons.